The Bertz CT molecular complexity index is 561. The molecule has 0 aromatic heterocycles. The van der Waals surface area contributed by atoms with E-state index in [0.717, 1.165) is 36.8 Å². The maximum Gasteiger partial charge on any atom is 0.334 e. The summed E-state index contributed by atoms with van der Waals surface area (Å²) in [6, 6.07) is 0. The van der Waals surface area contributed by atoms with Crippen molar-refractivity contribution in [2.24, 2.45) is 5.92 Å². The normalized spacial score (nSPS) is 30.3. The predicted octanol–water partition coefficient (Wildman–Crippen LogP) is 4.25. The Morgan fingerprint density at radius 3 is 2.74 bits per heavy atom. The second-order valence-corrected chi connectivity index (χ2v) is 6.81. The van der Waals surface area contributed by atoms with Crippen LogP contribution in [-0.2, 0) is 9.53 Å². The van der Waals surface area contributed by atoms with Crippen molar-refractivity contribution in [3.8, 4) is 0 Å². The van der Waals surface area contributed by atoms with Gasteiger partial charge in [0.05, 0.1) is 6.61 Å². The summed E-state index contributed by atoms with van der Waals surface area (Å²) in [6.07, 6.45) is 12.3. The van der Waals surface area contributed by atoms with Gasteiger partial charge >= 0.3 is 5.97 Å². The van der Waals surface area contributed by atoms with E-state index in [2.05, 4.69) is 32.9 Å². The van der Waals surface area contributed by atoms with Crippen LogP contribution in [0.5, 0.6) is 0 Å². The van der Waals surface area contributed by atoms with Gasteiger partial charge in [0.25, 0.3) is 0 Å². The Labute approximate surface area is 139 Å². The van der Waals surface area contributed by atoms with Gasteiger partial charge in [-0.25, -0.2) is 4.79 Å². The lowest BCUT2D eigenvalue weighted by Crippen LogP contribution is -2.10. The van der Waals surface area contributed by atoms with Crippen molar-refractivity contribution in [3.63, 3.8) is 0 Å². The summed E-state index contributed by atoms with van der Waals surface area (Å²) in [5.41, 5.74) is 4.43. The quantitative estimate of drug-likeness (QED) is 0.612. The zero-order chi connectivity index (χ0) is 16.8. The minimum absolute atomic E-state index is 0.00195. The summed E-state index contributed by atoms with van der Waals surface area (Å²) in [4.78, 5) is 11.9. The molecule has 3 nitrogen and oxygen atoms in total. The van der Waals surface area contributed by atoms with Gasteiger partial charge in [0.2, 0.25) is 0 Å². The van der Waals surface area contributed by atoms with Crippen molar-refractivity contribution < 1.29 is 14.6 Å². The van der Waals surface area contributed by atoms with Gasteiger partial charge in [0.1, 0.15) is 6.10 Å². The van der Waals surface area contributed by atoms with Crippen LogP contribution in [0.3, 0.4) is 0 Å². The first-order chi connectivity index (χ1) is 11.0. The van der Waals surface area contributed by atoms with Crippen LogP contribution in [0.2, 0.25) is 0 Å². The molecule has 0 aromatic rings. The fourth-order valence-electron chi connectivity index (χ4n) is 2.98. The molecule has 1 aliphatic heterocycles. The average molecular weight is 316 g/mol. The first-order valence-corrected chi connectivity index (χ1v) is 8.56. The van der Waals surface area contributed by atoms with E-state index in [1.807, 2.05) is 12.2 Å². The van der Waals surface area contributed by atoms with E-state index in [1.165, 1.54) is 11.1 Å². The number of aliphatic hydroxyl groups is 1. The summed E-state index contributed by atoms with van der Waals surface area (Å²) in [7, 11) is 0. The third kappa shape index (κ3) is 5.21. The van der Waals surface area contributed by atoms with Crippen LogP contribution in [0.25, 0.3) is 0 Å². The molecule has 0 radical (unpaired) electrons. The summed E-state index contributed by atoms with van der Waals surface area (Å²) in [6.45, 7) is 6.56. The number of aliphatic hydroxyl groups excluding tert-OH is 1. The van der Waals surface area contributed by atoms with Crippen molar-refractivity contribution in [3.05, 3.63) is 46.6 Å². The topological polar surface area (TPSA) is 46.5 Å². The molecule has 2 rings (SSSR count). The summed E-state index contributed by atoms with van der Waals surface area (Å²) >= 11 is 0. The second kappa shape index (κ2) is 8.30. The highest BCUT2D eigenvalue weighted by Crippen LogP contribution is 2.25. The molecule has 0 spiro atoms. The van der Waals surface area contributed by atoms with Gasteiger partial charge in [-0.05, 0) is 50.2 Å². The Hall–Kier alpha value is -1.61. The third-order valence-corrected chi connectivity index (χ3v) is 4.56. The molecular weight excluding hydrogens is 288 g/mol. The molecule has 126 valence electrons. The highest BCUT2D eigenvalue weighted by molar-refractivity contribution is 5.90. The van der Waals surface area contributed by atoms with Gasteiger partial charge in [-0.1, -0.05) is 43.2 Å². The van der Waals surface area contributed by atoms with Gasteiger partial charge < -0.3 is 9.84 Å². The summed E-state index contributed by atoms with van der Waals surface area (Å²) in [5.74, 6) is 0.286. The molecular formula is C20H28O3. The van der Waals surface area contributed by atoms with Gasteiger partial charge in [0, 0.05) is 12.0 Å². The molecule has 0 saturated carbocycles. The fourth-order valence-corrected chi connectivity index (χ4v) is 2.98. The number of fused-ring (bicyclic) bond motifs is 1. The van der Waals surface area contributed by atoms with E-state index in [9.17, 15) is 9.90 Å². The average Bonchev–Trinajstić information content (AvgIpc) is 2.84. The van der Waals surface area contributed by atoms with Crippen molar-refractivity contribution in [2.75, 3.05) is 6.61 Å². The van der Waals surface area contributed by atoms with Crippen molar-refractivity contribution in [1.29, 1.82) is 0 Å². The largest absolute Gasteiger partial charge is 0.454 e. The minimum atomic E-state index is -0.236. The molecule has 1 heterocycles. The standard InChI is InChI=1S/C20H28O3/c1-14(2)17-9-7-15(3)5-4-6-18-12-19(23-20(18)22)11-16(13-21)8-10-17/h5,8,10,12,14,19,21H,4,6-7,9,11,13H2,1-3H3/b15-5-,16-8+,17-10+/t19-/m1/s1. The number of ether oxygens (including phenoxy) is 1. The number of hydrogen-bond donors (Lipinski definition) is 1. The Morgan fingerprint density at radius 1 is 1.26 bits per heavy atom. The number of hydrogen-bond acceptors (Lipinski definition) is 3. The SMILES string of the molecule is C/C1=C/CCC2=C[C@@H](C/C(CO)=C\C=C(\C(C)C)CC1)OC2=O. The molecule has 0 aromatic carbocycles. The minimum Gasteiger partial charge on any atom is -0.454 e. The van der Waals surface area contributed by atoms with Gasteiger partial charge in [-0.15, -0.1) is 0 Å². The zero-order valence-corrected chi connectivity index (χ0v) is 14.5. The Kier molecular flexibility index (Phi) is 6.40. The lowest BCUT2D eigenvalue weighted by molar-refractivity contribution is -0.139. The van der Waals surface area contributed by atoms with Crippen molar-refractivity contribution >= 4 is 5.97 Å². The third-order valence-electron chi connectivity index (χ3n) is 4.56. The molecule has 2 bridgehead atoms. The maximum atomic E-state index is 11.9. The van der Waals surface area contributed by atoms with Gasteiger partial charge in [-0.2, -0.15) is 0 Å². The fraction of sp³-hybridized carbons (Fsp3) is 0.550. The second-order valence-electron chi connectivity index (χ2n) is 6.81. The van der Waals surface area contributed by atoms with Crippen LogP contribution in [0, 0.1) is 5.92 Å². The summed E-state index contributed by atoms with van der Waals surface area (Å²) < 4.78 is 5.41. The van der Waals surface area contributed by atoms with E-state index < -0.39 is 0 Å². The number of carbonyl (C=O) groups excluding carboxylic acids is 1. The van der Waals surface area contributed by atoms with E-state index >= 15 is 0 Å². The zero-order valence-electron chi connectivity index (χ0n) is 14.5. The first kappa shape index (κ1) is 17.7. The van der Waals surface area contributed by atoms with Crippen molar-refractivity contribution in [2.45, 2.75) is 59.0 Å². The van der Waals surface area contributed by atoms with Crippen LogP contribution >= 0.6 is 0 Å². The monoisotopic (exact) mass is 316 g/mol. The van der Waals surface area contributed by atoms with Crippen LogP contribution in [0.15, 0.2) is 46.6 Å². The molecule has 2 aliphatic rings. The van der Waals surface area contributed by atoms with E-state index in [1.54, 1.807) is 0 Å². The maximum absolute atomic E-state index is 11.9. The Balaban J connectivity index is 2.27. The van der Waals surface area contributed by atoms with Crippen LogP contribution in [0.4, 0.5) is 0 Å². The highest BCUT2D eigenvalue weighted by atomic mass is 16.5. The van der Waals surface area contributed by atoms with Crippen LogP contribution in [-0.4, -0.2) is 23.8 Å². The molecule has 1 aliphatic carbocycles. The molecule has 0 fully saturated rings. The van der Waals surface area contributed by atoms with Crippen LogP contribution < -0.4 is 0 Å². The van der Waals surface area contributed by atoms with Crippen molar-refractivity contribution in [1.82, 2.24) is 0 Å². The van der Waals surface area contributed by atoms with E-state index in [-0.39, 0.29) is 18.7 Å². The molecule has 0 saturated heterocycles. The number of rotatable bonds is 2. The molecule has 0 unspecified atom stereocenters. The number of carbonyl (C=O) groups is 1. The highest BCUT2D eigenvalue weighted by Gasteiger charge is 2.25. The first-order valence-electron chi connectivity index (χ1n) is 8.56. The lowest BCUT2D eigenvalue weighted by atomic mass is 9.94. The molecule has 0 amide bonds. The van der Waals surface area contributed by atoms with Crippen LogP contribution in [0.1, 0.15) is 52.9 Å². The predicted molar refractivity (Wildman–Crippen MR) is 92.9 cm³/mol. The molecule has 1 N–H and O–H groups in total. The van der Waals surface area contributed by atoms with Gasteiger partial charge in [-0.3, -0.25) is 0 Å². The summed E-state index contributed by atoms with van der Waals surface area (Å²) in [5, 5.41) is 9.59. The Morgan fingerprint density at radius 2 is 2.04 bits per heavy atom. The van der Waals surface area contributed by atoms with E-state index in [4.69, 9.17) is 4.74 Å². The number of esters is 1. The molecule has 23 heavy (non-hydrogen) atoms. The van der Waals surface area contributed by atoms with E-state index in [0.29, 0.717) is 12.3 Å². The number of allylic oxidation sites excluding steroid dienone is 5. The van der Waals surface area contributed by atoms with Gasteiger partial charge in [0.15, 0.2) is 0 Å². The lowest BCUT2D eigenvalue weighted by Gasteiger charge is -2.13. The molecule has 1 atom stereocenters. The smallest absolute Gasteiger partial charge is 0.334 e. The molecule has 3 heteroatoms.